The maximum atomic E-state index is 12.0. The Kier molecular flexibility index (Phi) is 4.65. The largest absolute Gasteiger partial charge is 0.314 e. The van der Waals surface area contributed by atoms with Gasteiger partial charge in [0.15, 0.2) is 9.84 Å². The van der Waals surface area contributed by atoms with Gasteiger partial charge in [-0.25, -0.2) is 8.42 Å². The van der Waals surface area contributed by atoms with Crippen molar-refractivity contribution in [3.8, 4) is 0 Å². The van der Waals surface area contributed by atoms with Crippen LogP contribution in [0, 0.1) is 0 Å². The molecule has 1 aliphatic carbocycles. The number of sulfone groups is 1. The number of benzene rings is 1. The molecule has 0 saturated heterocycles. The summed E-state index contributed by atoms with van der Waals surface area (Å²) in [6, 6.07) is 7.06. The molecule has 18 heavy (non-hydrogen) atoms. The molecule has 3 nitrogen and oxygen atoms in total. The van der Waals surface area contributed by atoms with Crippen molar-refractivity contribution in [3.05, 3.63) is 29.3 Å². The van der Waals surface area contributed by atoms with Crippen molar-refractivity contribution in [1.29, 1.82) is 0 Å². The van der Waals surface area contributed by atoms with Gasteiger partial charge in [-0.15, -0.1) is 0 Å². The van der Waals surface area contributed by atoms with Crippen LogP contribution in [0.3, 0.4) is 0 Å². The molecule has 2 rings (SSSR count). The van der Waals surface area contributed by atoms with Gasteiger partial charge >= 0.3 is 0 Å². The fourth-order valence-electron chi connectivity index (χ4n) is 1.77. The molecule has 0 bridgehead atoms. The summed E-state index contributed by atoms with van der Waals surface area (Å²) in [5, 5.41) is 3.94. The maximum absolute atomic E-state index is 12.0. The lowest BCUT2D eigenvalue weighted by Gasteiger charge is -2.05. The van der Waals surface area contributed by atoms with E-state index < -0.39 is 9.84 Å². The summed E-state index contributed by atoms with van der Waals surface area (Å²) in [5.41, 5.74) is 0. The van der Waals surface area contributed by atoms with E-state index in [0.29, 0.717) is 22.4 Å². The molecule has 1 saturated carbocycles. The molecule has 0 heterocycles. The average Bonchev–Trinajstić information content (AvgIpc) is 3.13. The lowest BCUT2D eigenvalue weighted by Crippen LogP contribution is -2.18. The smallest absolute Gasteiger partial charge is 0.178 e. The zero-order valence-corrected chi connectivity index (χ0v) is 11.8. The van der Waals surface area contributed by atoms with E-state index in [0.717, 1.165) is 13.0 Å². The highest BCUT2D eigenvalue weighted by molar-refractivity contribution is 7.91. The van der Waals surface area contributed by atoms with Gasteiger partial charge in [0.2, 0.25) is 0 Å². The fourth-order valence-corrected chi connectivity index (χ4v) is 3.27. The second-order valence-corrected chi connectivity index (χ2v) is 7.25. The minimum atomic E-state index is -3.15. The number of unbranched alkanes of at least 4 members (excludes halogenated alkanes) is 1. The Labute approximate surface area is 113 Å². The summed E-state index contributed by atoms with van der Waals surface area (Å²) in [5.74, 6) is 0.209. The molecule has 1 fully saturated rings. The monoisotopic (exact) mass is 287 g/mol. The zero-order chi connectivity index (χ0) is 13.0. The second-order valence-electron chi connectivity index (χ2n) is 4.71. The summed E-state index contributed by atoms with van der Waals surface area (Å²) in [6.07, 6.45) is 4.14. The van der Waals surface area contributed by atoms with E-state index in [1.165, 1.54) is 12.8 Å². The summed E-state index contributed by atoms with van der Waals surface area (Å²) < 4.78 is 24.0. The molecule has 0 atom stereocenters. The molecule has 1 N–H and O–H groups in total. The highest BCUT2D eigenvalue weighted by Gasteiger charge is 2.19. The molecular weight excluding hydrogens is 270 g/mol. The van der Waals surface area contributed by atoms with Gasteiger partial charge in [0.1, 0.15) is 0 Å². The van der Waals surface area contributed by atoms with E-state index in [1.807, 2.05) is 0 Å². The third-order valence-corrected chi connectivity index (χ3v) is 5.09. The first kappa shape index (κ1) is 13.8. The molecule has 0 aliphatic heterocycles. The van der Waals surface area contributed by atoms with Crippen LogP contribution in [0.1, 0.15) is 25.7 Å². The van der Waals surface area contributed by atoms with Gasteiger partial charge in [0.25, 0.3) is 0 Å². The van der Waals surface area contributed by atoms with Crippen LogP contribution in [-0.4, -0.2) is 26.8 Å². The molecule has 100 valence electrons. The average molecular weight is 288 g/mol. The molecule has 0 unspecified atom stereocenters. The van der Waals surface area contributed by atoms with E-state index in [1.54, 1.807) is 24.3 Å². The van der Waals surface area contributed by atoms with Crippen LogP contribution in [0.25, 0.3) is 0 Å². The maximum Gasteiger partial charge on any atom is 0.178 e. The number of hydrogen-bond acceptors (Lipinski definition) is 3. The van der Waals surface area contributed by atoms with Crippen LogP contribution < -0.4 is 5.32 Å². The topological polar surface area (TPSA) is 46.2 Å². The minimum Gasteiger partial charge on any atom is -0.314 e. The van der Waals surface area contributed by atoms with Gasteiger partial charge in [0.05, 0.1) is 10.6 Å². The highest BCUT2D eigenvalue weighted by atomic mass is 35.5. The van der Waals surface area contributed by atoms with Crippen LogP contribution in [0.2, 0.25) is 5.02 Å². The van der Waals surface area contributed by atoms with Crippen molar-refractivity contribution >= 4 is 21.4 Å². The Bertz CT molecular complexity index is 480. The fraction of sp³-hybridized carbons (Fsp3) is 0.538. The first-order valence-corrected chi connectivity index (χ1v) is 8.33. The van der Waals surface area contributed by atoms with Gasteiger partial charge in [-0.05, 0) is 56.5 Å². The van der Waals surface area contributed by atoms with E-state index in [4.69, 9.17) is 11.6 Å². The first-order chi connectivity index (χ1) is 8.58. The van der Waals surface area contributed by atoms with E-state index in [-0.39, 0.29) is 5.75 Å². The minimum absolute atomic E-state index is 0.209. The van der Waals surface area contributed by atoms with Crippen molar-refractivity contribution in [3.63, 3.8) is 0 Å². The number of hydrogen-bond donors (Lipinski definition) is 1. The third kappa shape index (κ3) is 4.26. The van der Waals surface area contributed by atoms with Gasteiger partial charge in [-0.3, -0.25) is 0 Å². The van der Waals surface area contributed by atoms with Crippen molar-refractivity contribution in [2.24, 2.45) is 0 Å². The molecule has 0 radical (unpaired) electrons. The predicted octanol–water partition coefficient (Wildman–Crippen LogP) is 2.65. The first-order valence-electron chi connectivity index (χ1n) is 6.30. The molecule has 1 aromatic carbocycles. The summed E-state index contributed by atoms with van der Waals surface area (Å²) in [6.45, 7) is 0.917. The van der Waals surface area contributed by atoms with E-state index in [9.17, 15) is 8.42 Å². The Balaban J connectivity index is 1.77. The standard InChI is InChI=1S/C13H18ClNO2S/c14-11-3-7-13(8-4-11)18(16,17)10-2-1-9-15-12-5-6-12/h3-4,7-8,12,15H,1-2,5-6,9-10H2. The summed E-state index contributed by atoms with van der Waals surface area (Å²) in [7, 11) is -3.15. The molecule has 1 aliphatic rings. The van der Waals surface area contributed by atoms with Crippen LogP contribution >= 0.6 is 11.6 Å². The number of rotatable bonds is 7. The highest BCUT2D eigenvalue weighted by Crippen LogP contribution is 2.19. The van der Waals surface area contributed by atoms with E-state index in [2.05, 4.69) is 5.32 Å². The van der Waals surface area contributed by atoms with Crippen LogP contribution in [0.4, 0.5) is 0 Å². The van der Waals surface area contributed by atoms with Crippen molar-refractivity contribution in [2.75, 3.05) is 12.3 Å². The Morgan fingerprint density at radius 3 is 2.44 bits per heavy atom. The van der Waals surface area contributed by atoms with Gasteiger partial charge in [-0.2, -0.15) is 0 Å². The van der Waals surface area contributed by atoms with Crippen LogP contribution in [-0.2, 0) is 9.84 Å². The van der Waals surface area contributed by atoms with Crippen LogP contribution in [0.5, 0.6) is 0 Å². The summed E-state index contributed by atoms with van der Waals surface area (Å²) in [4.78, 5) is 0.363. The summed E-state index contributed by atoms with van der Waals surface area (Å²) >= 11 is 5.74. The SMILES string of the molecule is O=S(=O)(CCCCNC1CC1)c1ccc(Cl)cc1. The van der Waals surface area contributed by atoms with E-state index >= 15 is 0 Å². The molecule has 5 heteroatoms. The predicted molar refractivity (Wildman–Crippen MR) is 73.8 cm³/mol. The Hall–Kier alpha value is -0.580. The Morgan fingerprint density at radius 1 is 1.17 bits per heavy atom. The molecule has 0 aromatic heterocycles. The third-order valence-electron chi connectivity index (χ3n) is 3.02. The number of halogens is 1. The van der Waals surface area contributed by atoms with Gasteiger partial charge in [-0.1, -0.05) is 11.6 Å². The zero-order valence-electron chi connectivity index (χ0n) is 10.2. The van der Waals surface area contributed by atoms with Crippen molar-refractivity contribution in [1.82, 2.24) is 5.32 Å². The van der Waals surface area contributed by atoms with Gasteiger partial charge < -0.3 is 5.32 Å². The number of nitrogens with one attached hydrogen (secondary N) is 1. The lowest BCUT2D eigenvalue weighted by molar-refractivity contribution is 0.586. The normalized spacial score (nSPS) is 15.8. The molecular formula is C13H18ClNO2S. The Morgan fingerprint density at radius 2 is 1.83 bits per heavy atom. The second kappa shape index (κ2) is 6.04. The molecule has 1 aromatic rings. The van der Waals surface area contributed by atoms with Crippen molar-refractivity contribution < 1.29 is 8.42 Å². The molecule has 0 amide bonds. The quantitative estimate of drug-likeness (QED) is 0.784. The molecule has 0 spiro atoms. The van der Waals surface area contributed by atoms with Crippen LogP contribution in [0.15, 0.2) is 29.2 Å². The lowest BCUT2D eigenvalue weighted by atomic mass is 10.3. The van der Waals surface area contributed by atoms with Gasteiger partial charge in [0, 0.05) is 11.1 Å². The van der Waals surface area contributed by atoms with Crippen molar-refractivity contribution in [2.45, 2.75) is 36.6 Å².